The molecule has 0 N–H and O–H groups in total. The van der Waals surface area contributed by atoms with E-state index in [9.17, 15) is 9.59 Å². The highest BCUT2D eigenvalue weighted by atomic mass is 16.5. The lowest BCUT2D eigenvalue weighted by atomic mass is 10.1. The molecular formula is C20H16N6O4. The van der Waals surface area contributed by atoms with E-state index in [1.807, 2.05) is 30.3 Å². The molecule has 30 heavy (non-hydrogen) atoms. The number of imide groups is 1. The summed E-state index contributed by atoms with van der Waals surface area (Å²) in [6.45, 7) is 0.0694. The molecular weight excluding hydrogens is 388 g/mol. The van der Waals surface area contributed by atoms with E-state index in [4.69, 9.17) is 9.26 Å². The number of carbonyl (C=O) groups is 2. The molecule has 2 aliphatic heterocycles. The van der Waals surface area contributed by atoms with Crippen molar-refractivity contribution in [2.75, 3.05) is 12.0 Å². The van der Waals surface area contributed by atoms with Crippen molar-refractivity contribution in [1.82, 2.24) is 15.1 Å². The van der Waals surface area contributed by atoms with Crippen LogP contribution < -0.4 is 9.64 Å². The van der Waals surface area contributed by atoms with Gasteiger partial charge in [0.1, 0.15) is 12.3 Å². The first kappa shape index (κ1) is 18.0. The lowest BCUT2D eigenvalue weighted by Gasteiger charge is -2.19. The minimum Gasteiger partial charge on any atom is -0.497 e. The Morgan fingerprint density at radius 1 is 1.03 bits per heavy atom. The monoisotopic (exact) mass is 404 g/mol. The van der Waals surface area contributed by atoms with E-state index in [0.717, 1.165) is 10.5 Å². The lowest BCUT2D eigenvalue weighted by Crippen LogP contribution is -2.39. The summed E-state index contributed by atoms with van der Waals surface area (Å²) in [6.07, 6.45) is 0. The smallest absolute Gasteiger partial charge is 0.263 e. The maximum absolute atomic E-state index is 13.0. The van der Waals surface area contributed by atoms with E-state index in [1.54, 1.807) is 31.4 Å². The van der Waals surface area contributed by atoms with Gasteiger partial charge in [-0.05, 0) is 24.3 Å². The van der Waals surface area contributed by atoms with Crippen LogP contribution >= 0.6 is 0 Å². The number of methoxy groups -OCH3 is 1. The zero-order chi connectivity index (χ0) is 20.7. The number of nitrogens with zero attached hydrogens (tertiary/aromatic N) is 6. The lowest BCUT2D eigenvalue weighted by molar-refractivity contribution is -0.123. The molecule has 2 atom stereocenters. The molecule has 1 aromatic heterocycles. The molecule has 10 nitrogen and oxygen atoms in total. The van der Waals surface area contributed by atoms with Gasteiger partial charge < -0.3 is 9.26 Å². The number of aromatic nitrogens is 2. The highest BCUT2D eigenvalue weighted by molar-refractivity contribution is 6.25. The van der Waals surface area contributed by atoms with Crippen LogP contribution in [0.3, 0.4) is 0 Å². The normalized spacial score (nSPS) is 20.2. The summed E-state index contributed by atoms with van der Waals surface area (Å²) in [6, 6.07) is 14.3. The molecule has 1 fully saturated rings. The van der Waals surface area contributed by atoms with Crippen molar-refractivity contribution in [3.8, 4) is 17.1 Å². The third-order valence-corrected chi connectivity index (χ3v) is 4.99. The van der Waals surface area contributed by atoms with Crippen LogP contribution in [0, 0.1) is 0 Å². The van der Waals surface area contributed by atoms with Gasteiger partial charge in [0.25, 0.3) is 11.8 Å². The van der Waals surface area contributed by atoms with Gasteiger partial charge >= 0.3 is 0 Å². The molecule has 3 aromatic rings. The van der Waals surface area contributed by atoms with Crippen LogP contribution in [0.4, 0.5) is 5.69 Å². The van der Waals surface area contributed by atoms with Crippen LogP contribution in [0.5, 0.6) is 5.75 Å². The van der Waals surface area contributed by atoms with Gasteiger partial charge in [-0.1, -0.05) is 40.7 Å². The minimum atomic E-state index is -0.892. The molecule has 0 spiro atoms. The SMILES string of the molecule is COc1ccc(N2C(=O)[C@@H]3[C@@H](N=NN3Cc3nc(-c4ccccc4)no3)C2=O)cc1. The van der Waals surface area contributed by atoms with Crippen molar-refractivity contribution >= 4 is 17.5 Å². The Bertz CT molecular complexity index is 1130. The van der Waals surface area contributed by atoms with E-state index >= 15 is 0 Å². The number of anilines is 1. The third-order valence-electron chi connectivity index (χ3n) is 4.99. The first-order chi connectivity index (χ1) is 14.7. The van der Waals surface area contributed by atoms with Gasteiger partial charge in [-0.2, -0.15) is 10.1 Å². The van der Waals surface area contributed by atoms with Crippen molar-refractivity contribution in [2.24, 2.45) is 10.3 Å². The van der Waals surface area contributed by atoms with Crippen molar-refractivity contribution in [3.05, 3.63) is 60.5 Å². The van der Waals surface area contributed by atoms with Crippen molar-refractivity contribution < 1.29 is 18.8 Å². The molecule has 0 saturated carbocycles. The van der Waals surface area contributed by atoms with E-state index < -0.39 is 23.9 Å². The Labute approximate surface area is 170 Å². The average molecular weight is 404 g/mol. The molecule has 2 aromatic carbocycles. The molecule has 0 bridgehead atoms. The topological polar surface area (TPSA) is 113 Å². The van der Waals surface area contributed by atoms with Crippen LogP contribution in [0.1, 0.15) is 5.89 Å². The summed E-state index contributed by atoms with van der Waals surface area (Å²) in [7, 11) is 1.55. The predicted molar refractivity (Wildman–Crippen MR) is 103 cm³/mol. The summed E-state index contributed by atoms with van der Waals surface area (Å²) in [4.78, 5) is 31.3. The second kappa shape index (κ2) is 7.07. The van der Waals surface area contributed by atoms with E-state index in [2.05, 4.69) is 20.5 Å². The number of amides is 2. The highest BCUT2D eigenvalue weighted by Crippen LogP contribution is 2.33. The van der Waals surface area contributed by atoms with Crippen LogP contribution in [-0.2, 0) is 16.1 Å². The molecule has 150 valence electrons. The van der Waals surface area contributed by atoms with Crippen LogP contribution in [0.2, 0.25) is 0 Å². The number of fused-ring (bicyclic) bond motifs is 1. The molecule has 5 rings (SSSR count). The quantitative estimate of drug-likeness (QED) is 0.599. The summed E-state index contributed by atoms with van der Waals surface area (Å²) < 4.78 is 10.4. The van der Waals surface area contributed by atoms with Crippen molar-refractivity contribution in [3.63, 3.8) is 0 Å². The fourth-order valence-corrected chi connectivity index (χ4v) is 3.50. The van der Waals surface area contributed by atoms with Crippen LogP contribution in [-0.4, -0.2) is 46.2 Å². The van der Waals surface area contributed by atoms with Gasteiger partial charge in [-0.25, -0.2) is 4.90 Å². The molecule has 2 amide bonds. The maximum atomic E-state index is 13.0. The van der Waals surface area contributed by atoms with Crippen LogP contribution in [0.15, 0.2) is 69.5 Å². The molecule has 1 saturated heterocycles. The number of rotatable bonds is 5. The number of hydrogen-bond donors (Lipinski definition) is 0. The second-order valence-electron chi connectivity index (χ2n) is 6.78. The number of ether oxygens (including phenoxy) is 1. The average Bonchev–Trinajstić information content (AvgIpc) is 3.47. The zero-order valence-electron chi connectivity index (χ0n) is 15.9. The molecule has 0 unspecified atom stereocenters. The highest BCUT2D eigenvalue weighted by Gasteiger charge is 2.55. The maximum Gasteiger partial charge on any atom is 0.263 e. The van der Waals surface area contributed by atoms with Gasteiger partial charge in [0.05, 0.1) is 12.8 Å². The number of hydrogen-bond acceptors (Lipinski definition) is 9. The third kappa shape index (κ3) is 2.89. The summed E-state index contributed by atoms with van der Waals surface area (Å²) in [5.41, 5.74) is 1.27. The number of benzene rings is 2. The first-order valence-electron chi connectivity index (χ1n) is 9.23. The zero-order valence-corrected chi connectivity index (χ0v) is 15.9. The predicted octanol–water partition coefficient (Wildman–Crippen LogP) is 2.24. The fourth-order valence-electron chi connectivity index (χ4n) is 3.50. The van der Waals surface area contributed by atoms with Crippen LogP contribution in [0.25, 0.3) is 11.4 Å². The van der Waals surface area contributed by atoms with E-state index in [-0.39, 0.29) is 12.4 Å². The minimum absolute atomic E-state index is 0.0694. The second-order valence-corrected chi connectivity index (χ2v) is 6.78. The summed E-state index contributed by atoms with van der Waals surface area (Å²) in [5.74, 6) is 0.522. The Hall–Kier alpha value is -4.08. The molecule has 0 radical (unpaired) electrons. The molecule has 0 aliphatic carbocycles. The first-order valence-corrected chi connectivity index (χ1v) is 9.23. The summed E-state index contributed by atoms with van der Waals surface area (Å²) in [5, 5.41) is 13.4. The Balaban J connectivity index is 1.35. The Kier molecular flexibility index (Phi) is 4.24. The standard InChI is InChI=1S/C20H16N6O4/c1-29-14-9-7-13(8-10-14)26-19(27)16-17(20(26)28)25(24-22-16)11-15-21-18(23-30-15)12-5-3-2-4-6-12/h2-10,16-17H,11H2,1H3/t16-,17+/m1/s1. The summed E-state index contributed by atoms with van der Waals surface area (Å²) >= 11 is 0. The van der Waals surface area contributed by atoms with Gasteiger partial charge in [0.2, 0.25) is 11.7 Å². The Morgan fingerprint density at radius 2 is 1.80 bits per heavy atom. The van der Waals surface area contributed by atoms with Gasteiger partial charge in [-0.15, -0.1) is 0 Å². The number of carbonyl (C=O) groups excluding carboxylic acids is 2. The fraction of sp³-hybridized carbons (Fsp3) is 0.200. The van der Waals surface area contributed by atoms with Gasteiger partial charge in [-0.3, -0.25) is 14.6 Å². The molecule has 2 aliphatic rings. The molecule has 3 heterocycles. The van der Waals surface area contributed by atoms with E-state index in [0.29, 0.717) is 17.3 Å². The van der Waals surface area contributed by atoms with Crippen molar-refractivity contribution in [2.45, 2.75) is 18.6 Å². The van der Waals surface area contributed by atoms with E-state index in [1.165, 1.54) is 5.01 Å². The molecule has 10 heteroatoms. The largest absolute Gasteiger partial charge is 0.497 e. The van der Waals surface area contributed by atoms with Crippen molar-refractivity contribution in [1.29, 1.82) is 0 Å². The van der Waals surface area contributed by atoms with Gasteiger partial charge in [0.15, 0.2) is 12.1 Å². The Morgan fingerprint density at radius 3 is 2.53 bits per heavy atom. The van der Waals surface area contributed by atoms with Gasteiger partial charge in [0, 0.05) is 5.56 Å².